The molecular weight excluding hydrogens is 190 g/mol. The van der Waals surface area contributed by atoms with Gasteiger partial charge in [0.15, 0.2) is 0 Å². The Morgan fingerprint density at radius 3 is 2.73 bits per heavy atom. The lowest BCUT2D eigenvalue weighted by molar-refractivity contribution is 0.193. The third kappa shape index (κ3) is 3.32. The Kier molecular flexibility index (Phi) is 4.78. The van der Waals surface area contributed by atoms with E-state index in [1.54, 1.807) is 0 Å². The fraction of sp³-hybridized carbons (Fsp3) is 0.727. The summed E-state index contributed by atoms with van der Waals surface area (Å²) < 4.78 is 2.02. The van der Waals surface area contributed by atoms with Gasteiger partial charge in [-0.05, 0) is 26.5 Å². The fourth-order valence-electron chi connectivity index (χ4n) is 1.72. The third-order valence-electron chi connectivity index (χ3n) is 2.53. The molecule has 0 bridgehead atoms. The quantitative estimate of drug-likeness (QED) is 0.764. The van der Waals surface area contributed by atoms with Gasteiger partial charge in [0, 0.05) is 19.6 Å². The van der Waals surface area contributed by atoms with Crippen molar-refractivity contribution in [2.45, 2.75) is 33.9 Å². The number of aliphatic hydroxyl groups excluding tert-OH is 1. The van der Waals surface area contributed by atoms with E-state index in [1.807, 2.05) is 11.6 Å². The molecule has 1 heterocycles. The van der Waals surface area contributed by atoms with Crippen LogP contribution in [0.15, 0.2) is 6.07 Å². The molecule has 0 spiro atoms. The Hall–Kier alpha value is -0.870. The van der Waals surface area contributed by atoms with E-state index in [-0.39, 0.29) is 6.61 Å². The average molecular weight is 211 g/mol. The van der Waals surface area contributed by atoms with Crippen LogP contribution in [0, 0.1) is 6.92 Å². The number of aryl methyl sites for hydroxylation is 2. The molecular formula is C11H21N3O. The molecule has 0 unspecified atom stereocenters. The van der Waals surface area contributed by atoms with E-state index in [0.29, 0.717) is 0 Å². The summed E-state index contributed by atoms with van der Waals surface area (Å²) in [5, 5.41) is 13.3. The molecule has 0 aromatic carbocycles. The molecule has 1 rings (SSSR count). The van der Waals surface area contributed by atoms with E-state index in [2.05, 4.69) is 29.9 Å². The van der Waals surface area contributed by atoms with Crippen LogP contribution in [0.2, 0.25) is 0 Å². The minimum absolute atomic E-state index is 0.215. The molecule has 0 saturated heterocycles. The van der Waals surface area contributed by atoms with Crippen LogP contribution < -0.4 is 0 Å². The van der Waals surface area contributed by atoms with Gasteiger partial charge in [-0.2, -0.15) is 5.10 Å². The molecule has 4 heteroatoms. The second-order valence-electron chi connectivity index (χ2n) is 3.69. The first-order valence-electron chi connectivity index (χ1n) is 5.57. The summed E-state index contributed by atoms with van der Waals surface area (Å²) >= 11 is 0. The maximum Gasteiger partial charge on any atom is 0.0597 e. The van der Waals surface area contributed by atoms with Crippen molar-refractivity contribution < 1.29 is 5.11 Å². The van der Waals surface area contributed by atoms with Gasteiger partial charge in [0.2, 0.25) is 0 Å². The zero-order valence-corrected chi connectivity index (χ0v) is 9.90. The first-order valence-corrected chi connectivity index (χ1v) is 5.57. The molecule has 15 heavy (non-hydrogen) atoms. The van der Waals surface area contributed by atoms with Crippen LogP contribution in [0.25, 0.3) is 0 Å². The minimum Gasteiger partial charge on any atom is -0.395 e. The summed E-state index contributed by atoms with van der Waals surface area (Å²) in [6.45, 7) is 9.88. The smallest absolute Gasteiger partial charge is 0.0597 e. The van der Waals surface area contributed by atoms with E-state index < -0.39 is 0 Å². The molecule has 1 N–H and O–H groups in total. The normalized spacial score (nSPS) is 11.3. The van der Waals surface area contributed by atoms with Crippen molar-refractivity contribution in [2.75, 3.05) is 19.7 Å². The number of nitrogens with zero attached hydrogens (tertiary/aromatic N) is 3. The van der Waals surface area contributed by atoms with Crippen LogP contribution in [-0.2, 0) is 13.1 Å². The highest BCUT2D eigenvalue weighted by molar-refractivity contribution is 5.08. The van der Waals surface area contributed by atoms with Gasteiger partial charge < -0.3 is 5.11 Å². The van der Waals surface area contributed by atoms with E-state index in [1.165, 1.54) is 5.69 Å². The van der Waals surface area contributed by atoms with Crippen LogP contribution in [0.5, 0.6) is 0 Å². The Balaban J connectivity index is 2.68. The fourth-order valence-corrected chi connectivity index (χ4v) is 1.72. The maximum absolute atomic E-state index is 8.91. The van der Waals surface area contributed by atoms with Crippen molar-refractivity contribution in [1.29, 1.82) is 0 Å². The maximum atomic E-state index is 8.91. The van der Waals surface area contributed by atoms with Gasteiger partial charge in [0.1, 0.15) is 0 Å². The van der Waals surface area contributed by atoms with Gasteiger partial charge >= 0.3 is 0 Å². The van der Waals surface area contributed by atoms with E-state index in [9.17, 15) is 0 Å². The number of likely N-dealkylation sites (N-methyl/N-ethyl adjacent to an activating group) is 1. The van der Waals surface area contributed by atoms with Gasteiger partial charge in [-0.25, -0.2) is 0 Å². The van der Waals surface area contributed by atoms with E-state index in [4.69, 9.17) is 5.11 Å². The second-order valence-corrected chi connectivity index (χ2v) is 3.69. The zero-order valence-electron chi connectivity index (χ0n) is 9.90. The first-order chi connectivity index (χ1) is 7.21. The molecule has 0 aliphatic carbocycles. The van der Waals surface area contributed by atoms with Crippen LogP contribution in [0.1, 0.15) is 25.2 Å². The van der Waals surface area contributed by atoms with Crippen molar-refractivity contribution >= 4 is 0 Å². The number of rotatable bonds is 6. The molecule has 0 radical (unpaired) electrons. The lowest BCUT2D eigenvalue weighted by Crippen LogP contribution is -2.27. The second kappa shape index (κ2) is 5.88. The van der Waals surface area contributed by atoms with Gasteiger partial charge in [0.25, 0.3) is 0 Å². The van der Waals surface area contributed by atoms with E-state index >= 15 is 0 Å². The average Bonchev–Trinajstić information content (AvgIpc) is 2.58. The Labute approximate surface area is 91.5 Å². The van der Waals surface area contributed by atoms with Crippen LogP contribution in [0.4, 0.5) is 0 Å². The predicted octanol–water partition coefficient (Wildman–Crippen LogP) is 1.03. The van der Waals surface area contributed by atoms with Gasteiger partial charge in [-0.3, -0.25) is 9.58 Å². The van der Waals surface area contributed by atoms with Gasteiger partial charge in [-0.15, -0.1) is 0 Å². The van der Waals surface area contributed by atoms with Gasteiger partial charge in [-0.1, -0.05) is 6.92 Å². The molecule has 0 saturated carbocycles. The molecule has 86 valence electrons. The molecule has 1 aromatic rings. The van der Waals surface area contributed by atoms with Crippen LogP contribution in [0.3, 0.4) is 0 Å². The molecule has 0 aliphatic rings. The Morgan fingerprint density at radius 2 is 2.20 bits per heavy atom. The topological polar surface area (TPSA) is 41.3 Å². The van der Waals surface area contributed by atoms with Crippen molar-refractivity contribution in [2.24, 2.45) is 0 Å². The number of hydrogen-bond acceptors (Lipinski definition) is 3. The highest BCUT2D eigenvalue weighted by atomic mass is 16.3. The molecule has 0 atom stereocenters. The van der Waals surface area contributed by atoms with Gasteiger partial charge in [0.05, 0.1) is 18.0 Å². The lowest BCUT2D eigenvalue weighted by atomic mass is 10.3. The summed E-state index contributed by atoms with van der Waals surface area (Å²) in [4.78, 5) is 2.21. The standard InChI is InChI=1S/C11H21N3O/c1-4-13(6-7-15)9-11-8-10(3)12-14(11)5-2/h8,15H,4-7,9H2,1-3H3. The summed E-state index contributed by atoms with van der Waals surface area (Å²) in [7, 11) is 0. The minimum atomic E-state index is 0.215. The summed E-state index contributed by atoms with van der Waals surface area (Å²) in [6.07, 6.45) is 0. The molecule has 4 nitrogen and oxygen atoms in total. The SMILES string of the molecule is CCN(CCO)Cc1cc(C)nn1CC. The van der Waals surface area contributed by atoms with Crippen LogP contribution in [-0.4, -0.2) is 39.5 Å². The highest BCUT2D eigenvalue weighted by Crippen LogP contribution is 2.07. The monoisotopic (exact) mass is 211 g/mol. The zero-order chi connectivity index (χ0) is 11.3. The van der Waals surface area contributed by atoms with Crippen molar-refractivity contribution in [3.63, 3.8) is 0 Å². The number of aliphatic hydroxyl groups is 1. The lowest BCUT2D eigenvalue weighted by Gasteiger charge is -2.19. The van der Waals surface area contributed by atoms with Crippen molar-refractivity contribution in [3.8, 4) is 0 Å². The van der Waals surface area contributed by atoms with Crippen molar-refractivity contribution in [3.05, 3.63) is 17.5 Å². The number of hydrogen-bond donors (Lipinski definition) is 1. The molecule has 1 aromatic heterocycles. The third-order valence-corrected chi connectivity index (χ3v) is 2.53. The Morgan fingerprint density at radius 1 is 1.47 bits per heavy atom. The van der Waals surface area contributed by atoms with Crippen LogP contribution >= 0.6 is 0 Å². The van der Waals surface area contributed by atoms with E-state index in [0.717, 1.165) is 31.9 Å². The van der Waals surface area contributed by atoms with Crippen molar-refractivity contribution in [1.82, 2.24) is 14.7 Å². The molecule has 0 fully saturated rings. The summed E-state index contributed by atoms with van der Waals surface area (Å²) in [6, 6.07) is 2.11. The number of aromatic nitrogens is 2. The molecule has 0 aliphatic heterocycles. The highest BCUT2D eigenvalue weighted by Gasteiger charge is 2.08. The summed E-state index contributed by atoms with van der Waals surface area (Å²) in [5.74, 6) is 0. The summed E-state index contributed by atoms with van der Waals surface area (Å²) in [5.41, 5.74) is 2.29. The largest absolute Gasteiger partial charge is 0.395 e. The first kappa shape index (κ1) is 12.2. The predicted molar refractivity (Wildman–Crippen MR) is 60.7 cm³/mol. The Bertz CT molecular complexity index is 296. The molecule has 0 amide bonds.